The van der Waals surface area contributed by atoms with Crippen LogP contribution < -0.4 is 5.32 Å². The number of esters is 4. The molecule has 4 bridgehead atoms. The molecule has 0 radical (unpaired) electrons. The Morgan fingerprint density at radius 2 is 1.52 bits per heavy atom. The first-order valence-corrected chi connectivity index (χ1v) is 21.1. The van der Waals surface area contributed by atoms with Crippen LogP contribution in [0.15, 0.2) is 71.8 Å². The highest BCUT2D eigenvalue weighted by atomic mass is 16.6. The van der Waals surface area contributed by atoms with Gasteiger partial charge in [0, 0.05) is 43.4 Å². The highest BCUT2D eigenvalue weighted by molar-refractivity contribution is 5.98. The number of rotatable bonds is 9. The Labute approximate surface area is 354 Å². The number of ether oxygens (including phenoxy) is 5. The smallest absolute Gasteiger partial charge is 0.408 e. The van der Waals surface area contributed by atoms with Crippen molar-refractivity contribution in [2.45, 2.75) is 128 Å². The molecule has 7 aliphatic carbocycles. The van der Waals surface area contributed by atoms with E-state index in [0.29, 0.717) is 24.8 Å². The summed E-state index contributed by atoms with van der Waals surface area (Å²) in [7, 11) is 0. The van der Waals surface area contributed by atoms with Gasteiger partial charge in [0.15, 0.2) is 18.0 Å². The Kier molecular flexibility index (Phi) is 10.1. The normalized spacial score (nSPS) is 37.5. The first kappa shape index (κ1) is 42.6. The van der Waals surface area contributed by atoms with Crippen LogP contribution in [0.1, 0.15) is 103 Å². The van der Waals surface area contributed by atoms with Gasteiger partial charge < -0.3 is 39.2 Å². The van der Waals surface area contributed by atoms with Gasteiger partial charge >= 0.3 is 30.0 Å². The number of aliphatic hydroxyl groups is 2. The molecule has 14 heteroatoms. The van der Waals surface area contributed by atoms with E-state index in [9.17, 15) is 34.2 Å². The maximum atomic E-state index is 15.5. The van der Waals surface area contributed by atoms with E-state index < -0.39 is 106 Å². The summed E-state index contributed by atoms with van der Waals surface area (Å²) in [6, 6.07) is 15.4. The van der Waals surface area contributed by atoms with Crippen molar-refractivity contribution in [3.63, 3.8) is 0 Å². The van der Waals surface area contributed by atoms with E-state index in [1.807, 2.05) is 0 Å². The van der Waals surface area contributed by atoms with Crippen molar-refractivity contribution in [2.75, 3.05) is 0 Å². The number of Topliss-reactive ketones (excluding diaryl/α,β-unsaturated/α-hetero) is 1. The van der Waals surface area contributed by atoms with Crippen molar-refractivity contribution in [3.05, 3.63) is 82.9 Å². The molecule has 2 aromatic rings. The molecule has 14 atom stereocenters. The van der Waals surface area contributed by atoms with Gasteiger partial charge in [-0.05, 0) is 94.6 Å². The van der Waals surface area contributed by atoms with Crippen LogP contribution in [0.3, 0.4) is 0 Å². The highest BCUT2D eigenvalue weighted by Gasteiger charge is 2.89. The summed E-state index contributed by atoms with van der Waals surface area (Å²) in [5.74, 6) is -5.70. The van der Waals surface area contributed by atoms with E-state index in [1.54, 1.807) is 95.3 Å². The fraction of sp³-hybridized carbons (Fsp3) is 0.574. The van der Waals surface area contributed by atoms with Crippen LogP contribution in [-0.4, -0.2) is 87.2 Å². The van der Waals surface area contributed by atoms with Crippen molar-refractivity contribution >= 4 is 35.8 Å². The number of nitrogens with one attached hydrogen (secondary N) is 1. The molecule has 6 saturated carbocycles. The average Bonchev–Trinajstić information content (AvgIpc) is 3.93. The number of ketones is 1. The Morgan fingerprint density at radius 3 is 2.11 bits per heavy atom. The first-order chi connectivity index (χ1) is 28.6. The Hall–Kier alpha value is -5.08. The molecule has 1 spiro atoms. The van der Waals surface area contributed by atoms with Crippen LogP contribution in [0, 0.1) is 40.4 Å². The standard InChI is InChI=1S/C47H55NO13/c1-23-20-46(60-26(4)50)30(23)19-29-21-45(29)37(46)33-39(59-40(53)28-17-13-10-14-18-28)44(8)32(36(38(45)52)57-25(3)49)24(2)31(22-47(33,44)56)58-41(54)35(51)34(27-15-11-9-12-16-27)48-42(55)61-43(5,6)7/h9-18,23,29-31,33-37,39,51,56H,19-22H2,1-8H3,(H,48,55). The van der Waals surface area contributed by atoms with Crippen molar-refractivity contribution in [1.82, 2.24) is 5.32 Å². The second kappa shape index (κ2) is 14.5. The second-order valence-electron chi connectivity index (χ2n) is 19.4. The number of carbonyl (C=O) groups is 6. The number of hydrogen-bond acceptors (Lipinski definition) is 13. The molecular weight excluding hydrogens is 787 g/mol. The van der Waals surface area contributed by atoms with E-state index in [-0.39, 0.29) is 40.9 Å². The summed E-state index contributed by atoms with van der Waals surface area (Å²) in [6.45, 7) is 12.8. The molecule has 1 amide bonds. The van der Waals surface area contributed by atoms with E-state index in [4.69, 9.17) is 23.7 Å². The van der Waals surface area contributed by atoms with E-state index in [1.165, 1.54) is 13.8 Å². The molecule has 14 nitrogen and oxygen atoms in total. The molecule has 9 rings (SSSR count). The van der Waals surface area contributed by atoms with Gasteiger partial charge in [-0.25, -0.2) is 14.4 Å². The van der Waals surface area contributed by atoms with Gasteiger partial charge in [0.1, 0.15) is 23.4 Å². The minimum atomic E-state index is -1.98. The molecule has 14 unspecified atom stereocenters. The summed E-state index contributed by atoms with van der Waals surface area (Å²) in [6.07, 6.45) is -5.80. The summed E-state index contributed by atoms with van der Waals surface area (Å²) < 4.78 is 30.5. The van der Waals surface area contributed by atoms with Crippen LogP contribution in [0.5, 0.6) is 0 Å². The fourth-order valence-electron chi connectivity index (χ4n) is 12.5. The van der Waals surface area contributed by atoms with E-state index in [2.05, 4.69) is 12.2 Å². The number of amides is 1. The Balaban J connectivity index is 1.26. The van der Waals surface area contributed by atoms with Crippen molar-refractivity contribution in [3.8, 4) is 0 Å². The third-order valence-corrected chi connectivity index (χ3v) is 14.9. The van der Waals surface area contributed by atoms with Crippen LogP contribution in [0.25, 0.3) is 0 Å². The monoisotopic (exact) mass is 841 g/mol. The fourth-order valence-corrected chi connectivity index (χ4v) is 12.5. The van der Waals surface area contributed by atoms with Crippen LogP contribution in [-0.2, 0) is 42.9 Å². The lowest BCUT2D eigenvalue weighted by molar-refractivity contribution is -0.344. The van der Waals surface area contributed by atoms with Crippen LogP contribution in [0.4, 0.5) is 4.79 Å². The maximum absolute atomic E-state index is 15.5. The summed E-state index contributed by atoms with van der Waals surface area (Å²) >= 11 is 0. The zero-order valence-corrected chi connectivity index (χ0v) is 35.8. The summed E-state index contributed by atoms with van der Waals surface area (Å²) in [5, 5.41) is 27.9. The quantitative estimate of drug-likeness (QED) is 0.166. The minimum Gasteiger partial charge on any atom is -0.459 e. The number of carbonyl (C=O) groups excluding carboxylic acids is 6. The van der Waals surface area contributed by atoms with Gasteiger partial charge in [-0.1, -0.05) is 55.5 Å². The number of hydrogen-bond donors (Lipinski definition) is 3. The molecule has 0 heterocycles. The molecule has 7 aliphatic rings. The predicted molar refractivity (Wildman–Crippen MR) is 215 cm³/mol. The van der Waals surface area contributed by atoms with Gasteiger partial charge in [-0.2, -0.15) is 0 Å². The largest absolute Gasteiger partial charge is 0.459 e. The lowest BCUT2D eigenvalue weighted by Crippen LogP contribution is -2.84. The molecule has 0 aliphatic heterocycles. The molecule has 3 N–H and O–H groups in total. The SMILES string of the molecule is CC(=O)OC1C(=O)C23CC2CC2C(C)CC2(OC(C)=O)C3C2C(OC(=O)c3ccccc3)C3(C)C1=C(C)C(OC(=O)C(O)C(NC(=O)OC(C)(C)C)c1ccccc1)CC23O. The zero-order valence-electron chi connectivity index (χ0n) is 35.8. The molecule has 326 valence electrons. The third-order valence-electron chi connectivity index (χ3n) is 14.9. The number of alkyl carbamates (subject to hydrolysis) is 1. The molecule has 0 saturated heterocycles. The van der Waals surface area contributed by atoms with Gasteiger partial charge in [0.2, 0.25) is 0 Å². The van der Waals surface area contributed by atoms with Gasteiger partial charge in [0.05, 0.1) is 22.6 Å². The van der Waals surface area contributed by atoms with Gasteiger partial charge in [0.25, 0.3) is 0 Å². The van der Waals surface area contributed by atoms with Gasteiger partial charge in [-0.3, -0.25) is 14.4 Å². The van der Waals surface area contributed by atoms with Crippen LogP contribution in [0.2, 0.25) is 0 Å². The minimum absolute atomic E-state index is 0.111. The Morgan fingerprint density at radius 1 is 0.885 bits per heavy atom. The average molecular weight is 842 g/mol. The third kappa shape index (κ3) is 6.41. The molecule has 0 aromatic heterocycles. The maximum Gasteiger partial charge on any atom is 0.408 e. The molecule has 2 aromatic carbocycles. The number of benzene rings is 2. The predicted octanol–water partition coefficient (Wildman–Crippen LogP) is 5.34. The van der Waals surface area contributed by atoms with E-state index in [0.717, 1.165) is 0 Å². The van der Waals surface area contributed by atoms with Crippen molar-refractivity contribution in [1.29, 1.82) is 0 Å². The molecule has 61 heavy (non-hydrogen) atoms. The van der Waals surface area contributed by atoms with Crippen molar-refractivity contribution < 1.29 is 62.7 Å². The first-order valence-electron chi connectivity index (χ1n) is 21.1. The van der Waals surface area contributed by atoms with E-state index >= 15 is 4.79 Å². The lowest BCUT2D eigenvalue weighted by Gasteiger charge is -2.75. The Bertz CT molecular complexity index is 2200. The van der Waals surface area contributed by atoms with Gasteiger partial charge in [-0.15, -0.1) is 0 Å². The second-order valence-corrected chi connectivity index (χ2v) is 19.4. The topological polar surface area (TPSA) is 201 Å². The number of aliphatic hydroxyl groups excluding tert-OH is 1. The molecule has 6 fully saturated rings. The summed E-state index contributed by atoms with van der Waals surface area (Å²) in [4.78, 5) is 83.0. The molecular formula is C47H55NO13. The highest BCUT2D eigenvalue weighted by Crippen LogP contribution is 2.82. The van der Waals surface area contributed by atoms with Crippen molar-refractivity contribution in [2.24, 2.45) is 40.4 Å². The number of fused-ring (bicyclic) bond motifs is 2. The zero-order chi connectivity index (χ0) is 44.2. The van der Waals surface area contributed by atoms with Crippen LogP contribution >= 0.6 is 0 Å². The lowest BCUT2D eigenvalue weighted by atomic mass is 9.32. The summed E-state index contributed by atoms with van der Waals surface area (Å²) in [5.41, 5.74) is -5.77.